The fourth-order valence-corrected chi connectivity index (χ4v) is 2.28. The number of carbonyl (C=O) groups excluding carboxylic acids is 1. The van der Waals surface area contributed by atoms with Crippen molar-refractivity contribution in [3.8, 4) is 0 Å². The number of carbonyl (C=O) groups is 1. The monoisotopic (exact) mass is 212 g/mol. The molecule has 0 radical (unpaired) electrons. The minimum Gasteiger partial charge on any atom is -0.352 e. The Labute approximate surface area is 92.8 Å². The standard InChI is InChI=1S/C12H24N2O/c1-3-7-10(2)14-11(15)12(13)8-5-4-6-9-12/h10H,3-9,13H2,1-2H3,(H,14,15). The summed E-state index contributed by atoms with van der Waals surface area (Å²) in [6.07, 6.45) is 7.21. The Morgan fingerprint density at radius 1 is 1.40 bits per heavy atom. The molecule has 88 valence electrons. The molecule has 0 aromatic rings. The highest BCUT2D eigenvalue weighted by Crippen LogP contribution is 2.26. The van der Waals surface area contributed by atoms with Crippen molar-refractivity contribution in [1.82, 2.24) is 5.32 Å². The Balaban J connectivity index is 2.44. The molecule has 3 N–H and O–H groups in total. The first-order valence-corrected chi connectivity index (χ1v) is 6.18. The van der Waals surface area contributed by atoms with Crippen LogP contribution in [-0.2, 0) is 4.79 Å². The van der Waals surface area contributed by atoms with E-state index in [0.29, 0.717) is 0 Å². The molecule has 1 unspecified atom stereocenters. The Hall–Kier alpha value is -0.570. The van der Waals surface area contributed by atoms with Gasteiger partial charge in [-0.05, 0) is 26.2 Å². The largest absolute Gasteiger partial charge is 0.352 e. The molecule has 1 fully saturated rings. The summed E-state index contributed by atoms with van der Waals surface area (Å²) in [5, 5.41) is 3.03. The Kier molecular flexibility index (Phi) is 4.58. The van der Waals surface area contributed by atoms with Gasteiger partial charge in [-0.3, -0.25) is 4.79 Å². The molecule has 1 atom stereocenters. The molecule has 3 nitrogen and oxygen atoms in total. The smallest absolute Gasteiger partial charge is 0.240 e. The summed E-state index contributed by atoms with van der Waals surface area (Å²) in [5.41, 5.74) is 5.55. The normalized spacial score (nSPS) is 22.1. The molecule has 0 heterocycles. The van der Waals surface area contributed by atoms with Crippen molar-refractivity contribution in [3.05, 3.63) is 0 Å². The van der Waals surface area contributed by atoms with Gasteiger partial charge in [0.25, 0.3) is 0 Å². The Bertz CT molecular complexity index is 210. The van der Waals surface area contributed by atoms with Crippen molar-refractivity contribution >= 4 is 5.91 Å². The summed E-state index contributed by atoms with van der Waals surface area (Å²) in [7, 11) is 0. The van der Waals surface area contributed by atoms with Crippen LogP contribution in [0.2, 0.25) is 0 Å². The molecule has 3 heteroatoms. The van der Waals surface area contributed by atoms with Gasteiger partial charge in [0.1, 0.15) is 0 Å². The molecule has 0 aromatic heterocycles. The maximum Gasteiger partial charge on any atom is 0.240 e. The van der Waals surface area contributed by atoms with Gasteiger partial charge in [0.05, 0.1) is 5.54 Å². The summed E-state index contributed by atoms with van der Waals surface area (Å²) < 4.78 is 0. The van der Waals surface area contributed by atoms with E-state index in [-0.39, 0.29) is 11.9 Å². The minimum absolute atomic E-state index is 0.0585. The molecule has 0 aromatic carbocycles. The van der Waals surface area contributed by atoms with Crippen LogP contribution in [0.15, 0.2) is 0 Å². The van der Waals surface area contributed by atoms with Crippen LogP contribution >= 0.6 is 0 Å². The first-order valence-electron chi connectivity index (χ1n) is 6.18. The number of hydrogen-bond donors (Lipinski definition) is 2. The number of nitrogens with one attached hydrogen (secondary N) is 1. The summed E-state index contributed by atoms with van der Waals surface area (Å²) in [6, 6.07) is 0.254. The van der Waals surface area contributed by atoms with E-state index in [9.17, 15) is 4.79 Å². The van der Waals surface area contributed by atoms with E-state index in [0.717, 1.165) is 38.5 Å². The van der Waals surface area contributed by atoms with Gasteiger partial charge in [-0.25, -0.2) is 0 Å². The fraction of sp³-hybridized carbons (Fsp3) is 0.917. The zero-order valence-corrected chi connectivity index (χ0v) is 10.0. The molecule has 0 bridgehead atoms. The third-order valence-electron chi connectivity index (χ3n) is 3.30. The first kappa shape index (κ1) is 12.5. The molecule has 1 aliphatic carbocycles. The average Bonchev–Trinajstić information content (AvgIpc) is 2.19. The lowest BCUT2D eigenvalue weighted by atomic mass is 9.81. The molecule has 1 rings (SSSR count). The maximum atomic E-state index is 12.0. The quantitative estimate of drug-likeness (QED) is 0.748. The van der Waals surface area contributed by atoms with Crippen molar-refractivity contribution in [2.75, 3.05) is 0 Å². The second-order valence-electron chi connectivity index (χ2n) is 4.88. The number of amides is 1. The fourth-order valence-electron chi connectivity index (χ4n) is 2.28. The van der Waals surface area contributed by atoms with E-state index in [1.54, 1.807) is 0 Å². The number of hydrogen-bond acceptors (Lipinski definition) is 2. The highest BCUT2D eigenvalue weighted by atomic mass is 16.2. The number of nitrogens with two attached hydrogens (primary N) is 1. The number of rotatable bonds is 4. The van der Waals surface area contributed by atoms with Crippen molar-refractivity contribution in [2.45, 2.75) is 70.4 Å². The Morgan fingerprint density at radius 2 is 2.00 bits per heavy atom. The van der Waals surface area contributed by atoms with Crippen molar-refractivity contribution < 1.29 is 4.79 Å². The van der Waals surface area contributed by atoms with Crippen LogP contribution in [0.3, 0.4) is 0 Å². The molecule has 1 amide bonds. The van der Waals surface area contributed by atoms with E-state index in [1.807, 2.05) is 6.92 Å². The van der Waals surface area contributed by atoms with E-state index in [4.69, 9.17) is 5.73 Å². The molecule has 15 heavy (non-hydrogen) atoms. The van der Waals surface area contributed by atoms with Gasteiger partial charge < -0.3 is 11.1 Å². The predicted molar refractivity (Wildman–Crippen MR) is 62.5 cm³/mol. The van der Waals surface area contributed by atoms with Gasteiger partial charge in [-0.15, -0.1) is 0 Å². The molecule has 0 saturated heterocycles. The molecule has 1 aliphatic rings. The highest BCUT2D eigenvalue weighted by molar-refractivity contribution is 5.86. The van der Waals surface area contributed by atoms with Crippen LogP contribution in [0.1, 0.15) is 58.8 Å². The Morgan fingerprint density at radius 3 is 2.53 bits per heavy atom. The lowest BCUT2D eigenvalue weighted by molar-refractivity contribution is -0.128. The molecular formula is C12H24N2O. The van der Waals surface area contributed by atoms with E-state index in [2.05, 4.69) is 12.2 Å². The van der Waals surface area contributed by atoms with Gasteiger partial charge in [0.15, 0.2) is 0 Å². The SMILES string of the molecule is CCCC(C)NC(=O)C1(N)CCCCC1. The minimum atomic E-state index is -0.583. The highest BCUT2D eigenvalue weighted by Gasteiger charge is 2.35. The van der Waals surface area contributed by atoms with E-state index >= 15 is 0 Å². The first-order chi connectivity index (χ1) is 7.08. The van der Waals surface area contributed by atoms with Gasteiger partial charge >= 0.3 is 0 Å². The predicted octanol–water partition coefficient (Wildman–Crippen LogP) is 1.95. The summed E-state index contributed by atoms with van der Waals surface area (Å²) in [4.78, 5) is 12.0. The van der Waals surface area contributed by atoms with Crippen molar-refractivity contribution in [3.63, 3.8) is 0 Å². The van der Waals surface area contributed by atoms with Gasteiger partial charge in [-0.2, -0.15) is 0 Å². The van der Waals surface area contributed by atoms with Crippen LogP contribution < -0.4 is 11.1 Å². The van der Waals surface area contributed by atoms with E-state index in [1.165, 1.54) is 6.42 Å². The third kappa shape index (κ3) is 3.49. The summed E-state index contributed by atoms with van der Waals surface area (Å²) in [5.74, 6) is 0.0585. The zero-order chi connectivity index (χ0) is 11.3. The molecule has 1 saturated carbocycles. The van der Waals surface area contributed by atoms with Gasteiger partial charge in [0, 0.05) is 6.04 Å². The molecule has 0 spiro atoms. The van der Waals surface area contributed by atoms with Crippen LogP contribution in [0.25, 0.3) is 0 Å². The summed E-state index contributed by atoms with van der Waals surface area (Å²) >= 11 is 0. The van der Waals surface area contributed by atoms with Crippen molar-refractivity contribution in [1.29, 1.82) is 0 Å². The molecular weight excluding hydrogens is 188 g/mol. The van der Waals surface area contributed by atoms with Crippen LogP contribution in [0, 0.1) is 0 Å². The van der Waals surface area contributed by atoms with Gasteiger partial charge in [-0.1, -0.05) is 32.6 Å². The van der Waals surface area contributed by atoms with Crippen LogP contribution in [0.5, 0.6) is 0 Å². The van der Waals surface area contributed by atoms with Crippen LogP contribution in [-0.4, -0.2) is 17.5 Å². The third-order valence-corrected chi connectivity index (χ3v) is 3.30. The van der Waals surface area contributed by atoms with Gasteiger partial charge in [0.2, 0.25) is 5.91 Å². The lowest BCUT2D eigenvalue weighted by Crippen LogP contribution is -2.56. The lowest BCUT2D eigenvalue weighted by Gasteiger charge is -2.33. The average molecular weight is 212 g/mol. The van der Waals surface area contributed by atoms with Crippen molar-refractivity contribution in [2.24, 2.45) is 5.73 Å². The maximum absolute atomic E-state index is 12.0. The molecule has 0 aliphatic heterocycles. The second kappa shape index (κ2) is 5.50. The zero-order valence-electron chi connectivity index (χ0n) is 10.0. The van der Waals surface area contributed by atoms with Crippen LogP contribution in [0.4, 0.5) is 0 Å². The van der Waals surface area contributed by atoms with E-state index < -0.39 is 5.54 Å². The topological polar surface area (TPSA) is 55.1 Å². The summed E-state index contributed by atoms with van der Waals surface area (Å²) in [6.45, 7) is 4.18. The second-order valence-corrected chi connectivity index (χ2v) is 4.88.